The maximum atomic E-state index is 9.26. The summed E-state index contributed by atoms with van der Waals surface area (Å²) in [6.45, 7) is 0. The van der Waals surface area contributed by atoms with Gasteiger partial charge < -0.3 is 13.3 Å². The van der Waals surface area contributed by atoms with Gasteiger partial charge in [-0.3, -0.25) is 0 Å². The van der Waals surface area contributed by atoms with Gasteiger partial charge in [0.1, 0.15) is 33.5 Å². The van der Waals surface area contributed by atoms with Gasteiger partial charge >= 0.3 is 0 Å². The van der Waals surface area contributed by atoms with E-state index in [9.17, 15) is 5.48 Å². The predicted molar refractivity (Wildman–Crippen MR) is 514 cm³/mol. The lowest BCUT2D eigenvalue weighted by atomic mass is 9.84. The lowest BCUT2D eigenvalue weighted by molar-refractivity contribution is 0.669. The molecule has 0 aliphatic rings. The van der Waals surface area contributed by atoms with Crippen LogP contribution in [-0.4, -0.2) is 0 Å². The summed E-state index contributed by atoms with van der Waals surface area (Å²) in [5, 5.41) is 16.0. The predicted octanol–water partition coefficient (Wildman–Crippen LogP) is 34.0. The van der Waals surface area contributed by atoms with E-state index in [1.807, 2.05) is 188 Å². The lowest BCUT2D eigenvalue weighted by Crippen LogP contribution is -1.91. The first-order chi connectivity index (χ1) is 70.0. The monoisotopic (exact) mass is 1560 g/mol. The van der Waals surface area contributed by atoms with Crippen molar-refractivity contribution in [2.24, 2.45) is 0 Å². The van der Waals surface area contributed by atoms with Crippen molar-refractivity contribution in [1.29, 1.82) is 0 Å². The Balaban J connectivity index is 0.000000117. The molecular formula is C118H72O3. The summed E-state index contributed by atoms with van der Waals surface area (Å²) in [7, 11) is 0. The molecule has 0 atom stereocenters. The zero-order valence-electron chi connectivity index (χ0n) is 87.9. The molecule has 0 N–H and O–H groups in total. The fraction of sp³-hybridized carbons (Fsp3) is 0. The van der Waals surface area contributed by atoms with Gasteiger partial charge in [0.15, 0.2) is 0 Å². The highest BCUT2D eigenvalue weighted by Crippen LogP contribution is 2.50. The molecule has 0 amide bonds. The van der Waals surface area contributed by atoms with Gasteiger partial charge in [-0.05, 0) is 258 Å². The summed E-state index contributed by atoms with van der Waals surface area (Å²) in [6.07, 6.45) is 0. The van der Waals surface area contributed by atoms with Gasteiger partial charge in [0, 0.05) is 32.3 Å². The summed E-state index contributed by atoms with van der Waals surface area (Å²) in [4.78, 5) is 0. The maximum absolute atomic E-state index is 9.26. The molecule has 26 aromatic rings. The van der Waals surface area contributed by atoms with Gasteiger partial charge in [0.05, 0.1) is 32.9 Å². The van der Waals surface area contributed by atoms with E-state index in [0.717, 1.165) is 97.7 Å². The highest BCUT2D eigenvalue weighted by molar-refractivity contribution is 6.27. The molecule has 3 heterocycles. The summed E-state index contributed by atoms with van der Waals surface area (Å²) < 4.78 is 232. The molecule has 0 aliphatic carbocycles. The second kappa shape index (κ2) is 28.5. The number of hydrogen-bond acceptors (Lipinski definition) is 3. The minimum absolute atomic E-state index is 0.174. The first-order valence-electron chi connectivity index (χ1n) is 51.6. The quantitative estimate of drug-likeness (QED) is 0.149. The molecule has 0 saturated heterocycles. The standard InChI is InChI=1S/C42H26O.C40H24O.C36H22O/c1-2-10-28(11-3-1)41-34-14-6-8-16-36(34)42(37-17-9-7-15-35(37)41)29-20-18-27(19-21-29)32-22-23-33-38-24-30-12-4-5-13-31(30)25-40(38)43-39(33)26-32;1-2-12-27-23-38-36(22-26(27)11-1)30-21-20-28(24-37(30)41-38)39-32-15-5-7-17-34(32)40(35-18-8-6-16-33(35)39)31-19-9-13-25-10-3-4-14-29(25)31;1-2-10-23(11-3-1)35-28-14-6-8-16-30(28)36(31-17-9-7-15-29(31)35)26-18-19-27-32-20-24-12-4-5-13-25(24)21-34(32)37-33(27)22-26/h1-26H;1-24H;1-22H/i6D,7D,8D,9D,14D,15D,16D,17D;5D,6D,7D,8D,15D,16D,17D,18D;6D,7D,8D,9D,14D,15D,16D,17D. The molecule has 3 heteroatoms. The Bertz CT molecular complexity index is 10000. The van der Waals surface area contributed by atoms with Crippen LogP contribution in [0.3, 0.4) is 0 Å². The Kier molecular flexibility index (Phi) is 11.6. The van der Waals surface area contributed by atoms with Gasteiger partial charge in [-0.15, -0.1) is 0 Å². The maximum Gasteiger partial charge on any atom is 0.136 e. The molecule has 3 nitrogen and oxygen atoms in total. The number of furan rings is 3. The van der Waals surface area contributed by atoms with Crippen LogP contribution in [0.5, 0.6) is 0 Å². The minimum Gasteiger partial charge on any atom is -0.456 e. The molecule has 0 radical (unpaired) electrons. The second-order valence-electron chi connectivity index (χ2n) is 30.1. The van der Waals surface area contributed by atoms with E-state index < -0.39 is 72.5 Å². The summed E-state index contributed by atoms with van der Waals surface area (Å²) in [5.74, 6) is 0. The van der Waals surface area contributed by atoms with Crippen LogP contribution in [0.1, 0.15) is 32.9 Å². The van der Waals surface area contributed by atoms with Gasteiger partial charge in [0.25, 0.3) is 0 Å². The Labute approximate surface area is 730 Å². The zero-order chi connectivity index (χ0) is 100. The molecular weight excluding hydrogens is 1470 g/mol. The van der Waals surface area contributed by atoms with Gasteiger partial charge in [-0.2, -0.15) is 0 Å². The normalized spacial score (nSPS) is 14.6. The Morgan fingerprint density at radius 3 is 0.727 bits per heavy atom. The van der Waals surface area contributed by atoms with Crippen molar-refractivity contribution < 1.29 is 46.1 Å². The lowest BCUT2D eigenvalue weighted by Gasteiger charge is -2.18. The minimum atomic E-state index is -0.431. The summed E-state index contributed by atoms with van der Waals surface area (Å²) in [5.41, 5.74) is 11.1. The van der Waals surface area contributed by atoms with E-state index >= 15 is 0 Å². The molecule has 0 bridgehead atoms. The van der Waals surface area contributed by atoms with E-state index in [1.165, 1.54) is 0 Å². The molecule has 0 spiro atoms. The largest absolute Gasteiger partial charge is 0.456 e. The molecule has 0 saturated carbocycles. The number of rotatable bonds is 7. The van der Waals surface area contributed by atoms with Crippen LogP contribution in [-0.2, 0) is 0 Å². The molecule has 26 rings (SSSR count). The van der Waals surface area contributed by atoms with Gasteiger partial charge in [0.2, 0.25) is 0 Å². The topological polar surface area (TPSA) is 39.4 Å². The molecule has 23 aromatic carbocycles. The van der Waals surface area contributed by atoms with Crippen LogP contribution in [0.25, 0.3) is 251 Å². The van der Waals surface area contributed by atoms with Crippen molar-refractivity contribution in [3.63, 3.8) is 0 Å². The van der Waals surface area contributed by atoms with Crippen LogP contribution in [0.2, 0.25) is 0 Å². The van der Waals surface area contributed by atoms with Crippen molar-refractivity contribution >= 4 is 174 Å². The summed E-state index contributed by atoms with van der Waals surface area (Å²) >= 11 is 0. The Morgan fingerprint density at radius 2 is 0.380 bits per heavy atom. The van der Waals surface area contributed by atoms with Crippen LogP contribution in [0.15, 0.2) is 449 Å². The van der Waals surface area contributed by atoms with Gasteiger partial charge in [-0.1, -0.05) is 363 Å². The molecule has 3 aromatic heterocycles. The SMILES string of the molecule is [2H]c1c([2H])c([2H])c2c(-c3ccc(-c4ccc5c(c4)oc4cc6ccccc6cc45)cc3)c3c([2H])c([2H])c([2H])c([2H])c3c(-c3ccccc3)c2c1[2H].[2H]c1c([2H])c([2H])c2c(-c3ccc4c(c3)oc3cc5ccccc5cc34)c3c([2H])c([2H])c([2H])c([2H])c3c(-c3ccccc3)c2c1[2H].[2H]c1c([2H])c([2H])c2c(-c3cccc4ccccc34)c3c([2H])c([2H])c([2H])c([2H])c3c(-c3ccc4c(c3)oc3cc5ccccc5cc34)c2c1[2H]. The Morgan fingerprint density at radius 1 is 0.140 bits per heavy atom. The zero-order valence-corrected chi connectivity index (χ0v) is 63.9. The van der Waals surface area contributed by atoms with E-state index in [4.69, 9.17) is 40.7 Å². The van der Waals surface area contributed by atoms with Crippen LogP contribution < -0.4 is 0 Å². The van der Waals surface area contributed by atoms with Crippen LogP contribution >= 0.6 is 0 Å². The smallest absolute Gasteiger partial charge is 0.136 e. The first kappa shape index (κ1) is 49.2. The number of hydrogen-bond donors (Lipinski definition) is 0. The molecule has 121 heavy (non-hydrogen) atoms. The van der Waals surface area contributed by atoms with Crippen molar-refractivity contribution in [3.05, 3.63) is 436 Å². The average molecular weight is 1560 g/mol. The Hall–Kier alpha value is -15.9. The average Bonchev–Trinajstić information content (AvgIpc) is 1.42. The molecule has 0 unspecified atom stereocenters. The third-order valence-corrected chi connectivity index (χ3v) is 23.4. The van der Waals surface area contributed by atoms with Crippen molar-refractivity contribution in [2.75, 3.05) is 0 Å². The van der Waals surface area contributed by atoms with Gasteiger partial charge in [-0.25, -0.2) is 0 Å². The highest BCUT2D eigenvalue weighted by atomic mass is 16.3. The van der Waals surface area contributed by atoms with E-state index in [-0.39, 0.29) is 137 Å². The third kappa shape index (κ3) is 11.6. The second-order valence-corrected chi connectivity index (χ2v) is 30.1. The van der Waals surface area contributed by atoms with Crippen molar-refractivity contribution in [2.45, 2.75) is 0 Å². The first-order valence-corrected chi connectivity index (χ1v) is 39.6. The van der Waals surface area contributed by atoms with Crippen LogP contribution in [0.4, 0.5) is 0 Å². The fourth-order valence-corrected chi connectivity index (χ4v) is 17.9. The van der Waals surface area contributed by atoms with E-state index in [1.54, 1.807) is 60.7 Å². The number of fused-ring (bicyclic) bond motifs is 19. The van der Waals surface area contributed by atoms with Crippen molar-refractivity contribution in [1.82, 2.24) is 0 Å². The van der Waals surface area contributed by atoms with E-state index in [2.05, 4.69) is 42.5 Å². The fourth-order valence-electron chi connectivity index (χ4n) is 17.9. The number of benzene rings is 23. The van der Waals surface area contributed by atoms with Crippen molar-refractivity contribution in [3.8, 4) is 77.9 Å². The summed E-state index contributed by atoms with van der Waals surface area (Å²) in [6, 6.07) is 83.8. The molecule has 0 fully saturated rings. The molecule has 562 valence electrons. The third-order valence-electron chi connectivity index (χ3n) is 23.4. The van der Waals surface area contributed by atoms with E-state index in [0.29, 0.717) is 89.1 Å². The molecule has 0 aliphatic heterocycles. The van der Waals surface area contributed by atoms with Crippen LogP contribution in [0, 0.1) is 0 Å². The highest BCUT2D eigenvalue weighted by Gasteiger charge is 2.24.